The Bertz CT molecular complexity index is 1110. The Morgan fingerprint density at radius 2 is 1.39 bits per heavy atom. The molecule has 0 saturated carbocycles. The van der Waals surface area contributed by atoms with E-state index in [2.05, 4.69) is 12.2 Å². The van der Waals surface area contributed by atoms with E-state index in [0.29, 0.717) is 23.7 Å². The number of unbranched alkanes of at least 4 members (excludes halogenated alkanes) is 4. The van der Waals surface area contributed by atoms with Gasteiger partial charge in [-0.3, -0.25) is 9.32 Å². The van der Waals surface area contributed by atoms with Crippen molar-refractivity contribution >= 4 is 13.7 Å². The minimum atomic E-state index is -4.17. The fourth-order valence-electron chi connectivity index (χ4n) is 3.99. The van der Waals surface area contributed by atoms with Crippen LogP contribution in [-0.4, -0.2) is 19.1 Å². The van der Waals surface area contributed by atoms with E-state index in [-0.39, 0.29) is 5.91 Å². The molecule has 2 atom stereocenters. The number of hydrogen-bond donors (Lipinski definition) is 1. The summed E-state index contributed by atoms with van der Waals surface area (Å²) >= 11 is 0. The molecular weight excluding hydrogens is 501 g/mol. The maximum atomic E-state index is 14.0. The highest BCUT2D eigenvalue weighted by atomic mass is 31.2. The number of carbonyl (C=O) groups excluding carboxylic acids is 1. The van der Waals surface area contributed by atoms with Gasteiger partial charge >= 0.3 is 7.82 Å². The van der Waals surface area contributed by atoms with Gasteiger partial charge in [-0.1, -0.05) is 81.1 Å². The van der Waals surface area contributed by atoms with Gasteiger partial charge in [-0.2, -0.15) is 0 Å². The lowest BCUT2D eigenvalue weighted by atomic mass is 10.0. The van der Waals surface area contributed by atoms with E-state index < -0.39 is 20.0 Å². The maximum absolute atomic E-state index is 14.0. The predicted octanol–water partition coefficient (Wildman–Crippen LogP) is 7.88. The number of carbonyl (C=O) groups is 1. The van der Waals surface area contributed by atoms with Crippen molar-refractivity contribution in [3.05, 3.63) is 90.5 Å². The summed E-state index contributed by atoms with van der Waals surface area (Å²) in [5, 5.41) is 3.07. The molecule has 0 heterocycles. The van der Waals surface area contributed by atoms with Crippen molar-refractivity contribution in [2.75, 3.05) is 7.11 Å². The Balaban J connectivity index is 1.83. The molecule has 1 amide bonds. The quantitative estimate of drug-likeness (QED) is 0.147. The van der Waals surface area contributed by atoms with Crippen LogP contribution in [0, 0.1) is 0 Å². The van der Waals surface area contributed by atoms with E-state index in [1.54, 1.807) is 62.6 Å². The minimum Gasteiger partial charge on any atom is -0.497 e. The molecule has 8 heteroatoms. The summed E-state index contributed by atoms with van der Waals surface area (Å²) in [6, 6.07) is 24.2. The molecule has 0 aliphatic carbocycles. The third-order valence-electron chi connectivity index (χ3n) is 5.96. The van der Waals surface area contributed by atoms with Crippen LogP contribution in [0.1, 0.15) is 64.0 Å². The summed E-state index contributed by atoms with van der Waals surface area (Å²) < 4.78 is 37.0. The van der Waals surface area contributed by atoms with Gasteiger partial charge in [0.15, 0.2) is 0 Å². The second-order valence-corrected chi connectivity index (χ2v) is 10.5. The Kier molecular flexibility index (Phi) is 11.7. The molecule has 3 rings (SSSR count). The minimum absolute atomic E-state index is 0.104. The number of para-hydroxylation sites is 2. The van der Waals surface area contributed by atoms with Crippen LogP contribution in [0.15, 0.2) is 84.9 Å². The molecule has 1 N–H and O–H groups in total. The fourth-order valence-corrected chi connectivity index (χ4v) is 5.40. The van der Waals surface area contributed by atoms with Gasteiger partial charge in [-0.25, -0.2) is 4.57 Å². The summed E-state index contributed by atoms with van der Waals surface area (Å²) in [7, 11) is -2.59. The first-order chi connectivity index (χ1) is 18.4. The summed E-state index contributed by atoms with van der Waals surface area (Å²) in [6.45, 7) is 3.90. The first-order valence-electron chi connectivity index (χ1n) is 13.1. The van der Waals surface area contributed by atoms with E-state index >= 15 is 0 Å². The number of methoxy groups -OCH3 is 1. The van der Waals surface area contributed by atoms with Gasteiger partial charge < -0.3 is 19.1 Å². The Morgan fingerprint density at radius 1 is 0.816 bits per heavy atom. The topological polar surface area (TPSA) is 83.1 Å². The number of rotatable bonds is 16. The standard InChI is InChI=1S/C30H38NO6P/c1-4-5-6-7-14-22-29(32)31-30(25-16-15-21-28(23-25)34-3)24(2)35-38(33,36-26-17-10-8-11-18-26)37-27-19-12-9-13-20-27/h8-13,15-21,23-24,30H,4-7,14,22H2,1-3H3,(H,31,32). The van der Waals surface area contributed by atoms with Crippen LogP contribution < -0.4 is 19.1 Å². The van der Waals surface area contributed by atoms with Gasteiger partial charge in [0.25, 0.3) is 0 Å². The highest BCUT2D eigenvalue weighted by Gasteiger charge is 2.37. The molecule has 7 nitrogen and oxygen atoms in total. The van der Waals surface area contributed by atoms with Crippen molar-refractivity contribution in [1.29, 1.82) is 0 Å². The van der Waals surface area contributed by atoms with E-state index in [0.717, 1.165) is 37.7 Å². The van der Waals surface area contributed by atoms with Crippen LogP contribution in [-0.2, 0) is 13.9 Å². The lowest BCUT2D eigenvalue weighted by Crippen LogP contribution is -2.36. The SMILES string of the molecule is CCCCCCCC(=O)NC(c1cccc(OC)c1)C(C)OP(=O)(Oc1ccccc1)Oc1ccccc1. The molecule has 204 valence electrons. The number of hydrogen-bond acceptors (Lipinski definition) is 6. The van der Waals surface area contributed by atoms with Crippen LogP contribution in [0.3, 0.4) is 0 Å². The van der Waals surface area contributed by atoms with Crippen molar-refractivity contribution in [2.24, 2.45) is 0 Å². The third-order valence-corrected chi connectivity index (χ3v) is 7.42. The molecular formula is C30H38NO6P. The Hall–Kier alpha value is -3.28. The molecule has 0 fully saturated rings. The number of benzene rings is 3. The number of amides is 1. The second kappa shape index (κ2) is 15.2. The lowest BCUT2D eigenvalue weighted by Gasteiger charge is -2.29. The molecule has 0 aliphatic rings. The van der Waals surface area contributed by atoms with Gasteiger partial charge in [0.1, 0.15) is 17.2 Å². The Labute approximate surface area is 226 Å². The zero-order valence-corrected chi connectivity index (χ0v) is 23.3. The molecule has 3 aromatic rings. The third kappa shape index (κ3) is 9.55. The monoisotopic (exact) mass is 539 g/mol. The summed E-state index contributed by atoms with van der Waals surface area (Å²) in [6.07, 6.45) is 4.85. The van der Waals surface area contributed by atoms with E-state index in [9.17, 15) is 9.36 Å². The molecule has 0 bridgehead atoms. The Morgan fingerprint density at radius 3 is 1.97 bits per heavy atom. The molecule has 2 unspecified atom stereocenters. The van der Waals surface area contributed by atoms with Gasteiger partial charge in [-0.05, 0) is 55.3 Å². The summed E-state index contributed by atoms with van der Waals surface area (Å²) in [4.78, 5) is 12.9. The summed E-state index contributed by atoms with van der Waals surface area (Å²) in [5.74, 6) is 1.21. The second-order valence-electron chi connectivity index (χ2n) is 9.05. The van der Waals surface area contributed by atoms with Gasteiger partial charge in [0, 0.05) is 6.42 Å². The van der Waals surface area contributed by atoms with E-state index in [4.69, 9.17) is 18.3 Å². The highest BCUT2D eigenvalue weighted by molar-refractivity contribution is 7.49. The number of ether oxygens (including phenoxy) is 1. The molecule has 0 saturated heterocycles. The first kappa shape index (κ1) is 29.3. The van der Waals surface area contributed by atoms with Crippen molar-refractivity contribution in [2.45, 2.75) is 64.5 Å². The fraction of sp³-hybridized carbons (Fsp3) is 0.367. The normalized spacial score (nSPS) is 12.8. The maximum Gasteiger partial charge on any atom is 0.587 e. The van der Waals surface area contributed by atoms with Gasteiger partial charge in [0.2, 0.25) is 5.91 Å². The average Bonchev–Trinajstić information content (AvgIpc) is 2.92. The zero-order chi connectivity index (χ0) is 27.2. The predicted molar refractivity (Wildman–Crippen MR) is 150 cm³/mol. The molecule has 0 aliphatic heterocycles. The van der Waals surface area contributed by atoms with Gasteiger partial charge in [-0.15, -0.1) is 0 Å². The van der Waals surface area contributed by atoms with E-state index in [1.165, 1.54) is 0 Å². The van der Waals surface area contributed by atoms with Crippen LogP contribution in [0.2, 0.25) is 0 Å². The van der Waals surface area contributed by atoms with Crippen molar-refractivity contribution in [3.8, 4) is 17.2 Å². The smallest absolute Gasteiger partial charge is 0.497 e. The largest absolute Gasteiger partial charge is 0.587 e. The van der Waals surface area contributed by atoms with Crippen molar-refractivity contribution < 1.29 is 27.7 Å². The van der Waals surface area contributed by atoms with Crippen molar-refractivity contribution in [3.63, 3.8) is 0 Å². The molecule has 0 aromatic heterocycles. The number of phosphoric acid groups is 1. The van der Waals surface area contributed by atoms with Crippen molar-refractivity contribution in [1.82, 2.24) is 5.32 Å². The van der Waals surface area contributed by atoms with Gasteiger partial charge in [0.05, 0.1) is 19.3 Å². The van der Waals surface area contributed by atoms with Crippen LogP contribution in [0.25, 0.3) is 0 Å². The number of nitrogens with one attached hydrogen (secondary N) is 1. The lowest BCUT2D eigenvalue weighted by molar-refractivity contribution is -0.122. The van der Waals surface area contributed by atoms with Crippen LogP contribution in [0.4, 0.5) is 0 Å². The highest BCUT2D eigenvalue weighted by Crippen LogP contribution is 2.51. The average molecular weight is 540 g/mol. The summed E-state index contributed by atoms with van der Waals surface area (Å²) in [5.41, 5.74) is 0.752. The van der Waals surface area contributed by atoms with Crippen LogP contribution >= 0.6 is 7.82 Å². The number of phosphoric ester groups is 1. The molecule has 38 heavy (non-hydrogen) atoms. The van der Waals surface area contributed by atoms with E-state index in [1.807, 2.05) is 36.4 Å². The van der Waals surface area contributed by atoms with Crippen LogP contribution in [0.5, 0.6) is 17.2 Å². The first-order valence-corrected chi connectivity index (χ1v) is 14.6. The molecule has 0 spiro atoms. The zero-order valence-electron chi connectivity index (χ0n) is 22.4. The molecule has 3 aromatic carbocycles. The molecule has 0 radical (unpaired) electrons.